The molecule has 0 bridgehead atoms. The summed E-state index contributed by atoms with van der Waals surface area (Å²) in [7, 11) is -16.8. The molecule has 2 aromatic rings. The summed E-state index contributed by atoms with van der Waals surface area (Å²) in [6.45, 7) is 1.83. The molecule has 2 unspecified atom stereocenters. The van der Waals surface area contributed by atoms with E-state index in [0.717, 1.165) is 17.0 Å². The molecule has 1 aliphatic rings. The van der Waals surface area contributed by atoms with Gasteiger partial charge in [0.05, 0.1) is 18.9 Å². The number of aliphatic hydroxyl groups excluding tert-OH is 1. The first-order valence-corrected chi connectivity index (χ1v) is 13.4. The molecule has 0 radical (unpaired) electrons. The largest absolute Gasteiger partial charge is 0.490 e. The molecule has 3 heterocycles. The van der Waals surface area contributed by atoms with E-state index in [1.54, 1.807) is 0 Å². The number of aromatic amines is 1. The molecule has 1 fully saturated rings. The lowest BCUT2D eigenvalue weighted by Crippen LogP contribution is -2.43. The minimum atomic E-state index is -5.75. The minimum absolute atomic E-state index is 0.0546. The number of imidazole rings is 1. The van der Waals surface area contributed by atoms with Crippen molar-refractivity contribution in [2.24, 2.45) is 5.41 Å². The number of fused-ring (bicyclic) bond motifs is 1. The van der Waals surface area contributed by atoms with Gasteiger partial charge in [0.2, 0.25) is 11.2 Å². The number of phosphoric acid groups is 3. The summed E-state index contributed by atoms with van der Waals surface area (Å²) in [4.78, 5) is 54.1. The number of hydrogen-bond donors (Lipinski definition) is 6. The van der Waals surface area contributed by atoms with Crippen molar-refractivity contribution < 1.29 is 56.3 Å². The van der Waals surface area contributed by atoms with Crippen LogP contribution in [0.4, 0.5) is 0 Å². The Labute approximate surface area is 189 Å². The summed E-state index contributed by atoms with van der Waals surface area (Å²) >= 11 is 0. The molecule has 1 saturated heterocycles. The smallest absolute Gasteiger partial charge is 0.390 e. The normalized spacial score (nSPS) is 28.3. The molecule has 5 atom stereocenters. The van der Waals surface area contributed by atoms with Crippen molar-refractivity contribution in [3.8, 4) is 6.07 Å². The summed E-state index contributed by atoms with van der Waals surface area (Å²) in [6, 6.07) is 1.90. The van der Waals surface area contributed by atoms with Gasteiger partial charge >= 0.3 is 23.5 Å². The molecule has 0 spiro atoms. The van der Waals surface area contributed by atoms with Gasteiger partial charge in [-0.25, -0.2) is 23.2 Å². The van der Waals surface area contributed by atoms with Crippen LogP contribution in [-0.2, 0) is 37.2 Å². The molecule has 18 nitrogen and oxygen atoms in total. The van der Waals surface area contributed by atoms with Gasteiger partial charge in [-0.1, -0.05) is 13.8 Å². The van der Waals surface area contributed by atoms with E-state index in [1.165, 1.54) is 13.8 Å². The SMILES string of the molecule is CC1(C)[C@H](O)[C@@H](COP(=O)(O)OP(=O)(O)OP(=O)(O)O)O[C@@]1(C#N)c1cnc2c(=O)[nH]cnn12. The summed E-state index contributed by atoms with van der Waals surface area (Å²) in [6.07, 6.45) is -0.921. The molecule has 2 aromatic heterocycles. The second kappa shape index (κ2) is 8.68. The average Bonchev–Trinajstić information content (AvgIpc) is 3.17. The molecule has 34 heavy (non-hydrogen) atoms. The monoisotopic (exact) mass is 545 g/mol. The van der Waals surface area contributed by atoms with Crippen LogP contribution in [0.15, 0.2) is 17.3 Å². The summed E-state index contributed by atoms with van der Waals surface area (Å²) in [5.74, 6) is 0. The maximum Gasteiger partial charge on any atom is 0.490 e. The lowest BCUT2D eigenvalue weighted by Gasteiger charge is -2.34. The first-order valence-electron chi connectivity index (χ1n) is 8.92. The predicted molar refractivity (Wildman–Crippen MR) is 105 cm³/mol. The molecule has 188 valence electrons. The van der Waals surface area contributed by atoms with Crippen molar-refractivity contribution >= 4 is 29.1 Å². The van der Waals surface area contributed by atoms with Gasteiger partial charge < -0.3 is 34.4 Å². The van der Waals surface area contributed by atoms with Crippen LogP contribution in [0, 0.1) is 16.7 Å². The first-order chi connectivity index (χ1) is 15.4. The Morgan fingerprint density at radius 2 is 1.88 bits per heavy atom. The van der Waals surface area contributed by atoms with E-state index in [2.05, 4.69) is 28.2 Å². The third kappa shape index (κ3) is 4.93. The van der Waals surface area contributed by atoms with Crippen molar-refractivity contribution in [2.45, 2.75) is 31.7 Å². The van der Waals surface area contributed by atoms with Crippen LogP contribution in [0.1, 0.15) is 19.5 Å². The molecule has 6 N–H and O–H groups in total. The van der Waals surface area contributed by atoms with Gasteiger partial charge in [0.1, 0.15) is 24.2 Å². The minimum Gasteiger partial charge on any atom is -0.390 e. The van der Waals surface area contributed by atoms with Crippen LogP contribution >= 0.6 is 23.5 Å². The van der Waals surface area contributed by atoms with Gasteiger partial charge in [0.15, 0.2) is 0 Å². The molecule has 3 rings (SSSR count). The van der Waals surface area contributed by atoms with Gasteiger partial charge in [-0.05, 0) is 0 Å². The summed E-state index contributed by atoms with van der Waals surface area (Å²) in [5, 5.41) is 24.7. The molecular weight excluding hydrogens is 527 g/mol. The number of nitrogens with one attached hydrogen (secondary N) is 1. The summed E-state index contributed by atoms with van der Waals surface area (Å²) in [5.41, 5.74) is -4.35. The second-order valence-corrected chi connectivity index (χ2v) is 11.9. The Kier molecular flexibility index (Phi) is 6.83. The zero-order valence-electron chi connectivity index (χ0n) is 17.1. The number of rotatable bonds is 8. The maximum absolute atomic E-state index is 12.0. The standard InChI is InChI=1S/C13H18N5O13P3/c1-12(2)9(19)7(4-28-33(24,25)31-34(26,27)30-32(21,22)23)29-13(12,5-14)8-3-15-10-11(20)16-6-17-18(8)10/h3,6-7,9,19H,4H2,1-2H3,(H,24,25)(H,26,27)(H,16,17,20)(H2,21,22,23)/t7-,9-,13+/m1/s1. The Morgan fingerprint density at radius 1 is 1.24 bits per heavy atom. The topological polar surface area (TPSA) is 276 Å². The van der Waals surface area contributed by atoms with E-state index in [1.807, 2.05) is 6.07 Å². The van der Waals surface area contributed by atoms with Crippen molar-refractivity contribution in [1.82, 2.24) is 19.6 Å². The molecule has 21 heteroatoms. The fourth-order valence-electron chi connectivity index (χ4n) is 3.40. The number of ether oxygens (including phenoxy) is 1. The van der Waals surface area contributed by atoms with Crippen molar-refractivity contribution in [1.29, 1.82) is 5.26 Å². The van der Waals surface area contributed by atoms with Crippen LogP contribution in [0.3, 0.4) is 0 Å². The van der Waals surface area contributed by atoms with Crippen LogP contribution < -0.4 is 5.56 Å². The Balaban J connectivity index is 1.87. The fraction of sp³-hybridized carbons (Fsp3) is 0.538. The zero-order valence-corrected chi connectivity index (χ0v) is 19.8. The quantitative estimate of drug-likeness (QED) is 0.223. The zero-order chi connectivity index (χ0) is 25.7. The molecule has 0 aliphatic carbocycles. The van der Waals surface area contributed by atoms with Crippen molar-refractivity contribution in [2.75, 3.05) is 6.61 Å². The average molecular weight is 545 g/mol. The molecule has 1 aliphatic heterocycles. The van der Waals surface area contributed by atoms with Crippen LogP contribution in [0.2, 0.25) is 0 Å². The second-order valence-electron chi connectivity index (χ2n) is 7.50. The Hall–Kier alpha value is -1.83. The molecule has 0 aromatic carbocycles. The first kappa shape index (κ1) is 26.8. The molecule has 0 saturated carbocycles. The Bertz CT molecular complexity index is 1340. The number of hydrogen-bond acceptors (Lipinski definition) is 12. The number of nitriles is 1. The maximum atomic E-state index is 12.0. The number of H-pyrrole nitrogens is 1. The van der Waals surface area contributed by atoms with Crippen LogP contribution in [0.25, 0.3) is 5.65 Å². The molecular formula is C13H18N5O13P3. The highest BCUT2D eigenvalue weighted by atomic mass is 31.3. The van der Waals surface area contributed by atoms with Crippen LogP contribution in [-0.4, -0.2) is 63.1 Å². The van der Waals surface area contributed by atoms with E-state index in [-0.39, 0.29) is 11.3 Å². The van der Waals surface area contributed by atoms with Crippen molar-refractivity contribution in [3.63, 3.8) is 0 Å². The third-order valence-corrected chi connectivity index (χ3v) is 8.78. The van der Waals surface area contributed by atoms with Gasteiger partial charge in [-0.2, -0.15) is 19.0 Å². The van der Waals surface area contributed by atoms with Crippen molar-refractivity contribution in [3.05, 3.63) is 28.6 Å². The number of nitrogens with zero attached hydrogens (tertiary/aromatic N) is 4. The van der Waals surface area contributed by atoms with Gasteiger partial charge in [-0.3, -0.25) is 9.32 Å². The fourth-order valence-corrected chi connectivity index (χ4v) is 6.43. The number of aromatic nitrogens is 4. The van der Waals surface area contributed by atoms with E-state index in [4.69, 9.17) is 14.5 Å². The van der Waals surface area contributed by atoms with E-state index < -0.39 is 58.9 Å². The number of aliphatic hydroxyl groups is 1. The lowest BCUT2D eigenvalue weighted by atomic mass is 9.71. The van der Waals surface area contributed by atoms with E-state index >= 15 is 0 Å². The van der Waals surface area contributed by atoms with E-state index in [0.29, 0.717) is 0 Å². The lowest BCUT2D eigenvalue weighted by molar-refractivity contribution is -0.0613. The highest BCUT2D eigenvalue weighted by molar-refractivity contribution is 7.66. The van der Waals surface area contributed by atoms with Crippen LogP contribution in [0.5, 0.6) is 0 Å². The Morgan fingerprint density at radius 3 is 2.47 bits per heavy atom. The number of phosphoric ester groups is 1. The highest BCUT2D eigenvalue weighted by Gasteiger charge is 2.63. The van der Waals surface area contributed by atoms with Gasteiger partial charge in [-0.15, -0.1) is 0 Å². The third-order valence-electron chi connectivity index (χ3n) is 4.97. The molecule has 0 amide bonds. The predicted octanol–water partition coefficient (Wildman–Crippen LogP) is -0.734. The van der Waals surface area contributed by atoms with E-state index in [9.17, 15) is 38.6 Å². The van der Waals surface area contributed by atoms with Gasteiger partial charge in [0, 0.05) is 5.41 Å². The summed E-state index contributed by atoms with van der Waals surface area (Å²) < 4.78 is 52.6. The van der Waals surface area contributed by atoms with Gasteiger partial charge in [0.25, 0.3) is 5.56 Å². The highest BCUT2D eigenvalue weighted by Crippen LogP contribution is 2.66.